The number of hydrogen-bond donors (Lipinski definition) is 1. The zero-order chi connectivity index (χ0) is 22.7. The Morgan fingerprint density at radius 3 is 2.75 bits per heavy atom. The summed E-state index contributed by atoms with van der Waals surface area (Å²) in [4.78, 5) is 15.2. The van der Waals surface area contributed by atoms with Crippen molar-refractivity contribution in [3.8, 4) is 0 Å². The molecule has 11 heteroatoms. The third kappa shape index (κ3) is 4.79. The summed E-state index contributed by atoms with van der Waals surface area (Å²) in [6.45, 7) is 0.222. The molecule has 0 spiro atoms. The van der Waals surface area contributed by atoms with Gasteiger partial charge < -0.3 is 24.1 Å². The molecule has 2 heterocycles. The van der Waals surface area contributed by atoms with Gasteiger partial charge in [0, 0.05) is 27.0 Å². The number of azide groups is 1. The number of methoxy groups -OCH3 is 1. The largest absolute Gasteiger partial charge is 0.478 e. The van der Waals surface area contributed by atoms with E-state index in [0.717, 1.165) is 10.0 Å². The van der Waals surface area contributed by atoms with Crippen molar-refractivity contribution >= 4 is 33.7 Å². The number of hydrogen-bond acceptors (Lipinski definition) is 7. The average Bonchev–Trinajstić information content (AvgIpc) is 2.79. The van der Waals surface area contributed by atoms with Crippen molar-refractivity contribution < 1.29 is 28.8 Å². The molecule has 0 saturated carbocycles. The summed E-state index contributed by atoms with van der Waals surface area (Å²) in [5.74, 6) is -1.05. The van der Waals surface area contributed by atoms with Gasteiger partial charge in [0.2, 0.25) is 0 Å². The fourth-order valence-corrected chi connectivity index (χ4v) is 5.62. The lowest BCUT2D eigenvalue weighted by Gasteiger charge is -2.47. The van der Waals surface area contributed by atoms with Crippen LogP contribution in [-0.4, -0.2) is 54.6 Å². The van der Waals surface area contributed by atoms with Gasteiger partial charge in [-0.05, 0) is 23.7 Å². The van der Waals surface area contributed by atoms with Crippen LogP contribution in [0.3, 0.4) is 0 Å². The second kappa shape index (κ2) is 10.2. The van der Waals surface area contributed by atoms with Gasteiger partial charge in [0.25, 0.3) is 0 Å². The van der Waals surface area contributed by atoms with E-state index in [1.54, 1.807) is 12.1 Å². The summed E-state index contributed by atoms with van der Waals surface area (Å²) >= 11 is 4.57. The van der Waals surface area contributed by atoms with Gasteiger partial charge in [-0.15, -0.1) is 0 Å². The predicted molar refractivity (Wildman–Crippen MR) is 119 cm³/mol. The van der Waals surface area contributed by atoms with Gasteiger partial charge in [-0.3, -0.25) is 0 Å². The topological polar surface area (TPSA) is 123 Å². The van der Waals surface area contributed by atoms with Gasteiger partial charge in [-0.2, -0.15) is 0 Å². The number of carboxylic acid groups (broad SMARTS) is 1. The molecule has 0 radical (unpaired) electrons. The highest BCUT2D eigenvalue weighted by atomic mass is 79.9. The van der Waals surface area contributed by atoms with Crippen molar-refractivity contribution in [2.75, 3.05) is 13.7 Å². The van der Waals surface area contributed by atoms with Crippen molar-refractivity contribution in [3.63, 3.8) is 0 Å². The Morgan fingerprint density at radius 1 is 1.28 bits per heavy atom. The normalized spacial score (nSPS) is 29.6. The summed E-state index contributed by atoms with van der Waals surface area (Å²) in [7, 11) is 1.49. The molecule has 6 atom stereocenters. The van der Waals surface area contributed by atoms with Gasteiger partial charge in [0.1, 0.15) is 23.7 Å². The minimum atomic E-state index is -1.05. The maximum atomic E-state index is 11.7. The van der Waals surface area contributed by atoms with Crippen LogP contribution in [0.25, 0.3) is 10.4 Å². The molecule has 9 nitrogen and oxygen atoms in total. The monoisotopic (exact) mass is 521 g/mol. The first-order chi connectivity index (χ1) is 15.5. The molecule has 2 aliphatic heterocycles. The number of rotatable bonds is 6. The molecular weight excluding hydrogens is 502 g/mol. The second-order valence-electron chi connectivity index (χ2n) is 7.18. The molecule has 3 unspecified atom stereocenters. The van der Waals surface area contributed by atoms with Crippen LogP contribution in [0.4, 0.5) is 0 Å². The molecule has 32 heavy (non-hydrogen) atoms. The third-order valence-corrected chi connectivity index (χ3v) is 6.95. The number of ether oxygens (including phenoxy) is 4. The van der Waals surface area contributed by atoms with E-state index in [1.165, 1.54) is 24.9 Å². The Labute approximate surface area is 196 Å². The molecule has 2 aromatic carbocycles. The molecule has 2 saturated heterocycles. The van der Waals surface area contributed by atoms with E-state index in [-0.39, 0.29) is 12.2 Å². The maximum Gasteiger partial charge on any atom is 0.336 e. The van der Waals surface area contributed by atoms with Gasteiger partial charge in [-0.1, -0.05) is 63.1 Å². The number of halogens is 1. The van der Waals surface area contributed by atoms with E-state index in [2.05, 4.69) is 26.0 Å². The highest BCUT2D eigenvalue weighted by Crippen LogP contribution is 2.42. The number of thioether (sulfide) groups is 1. The lowest BCUT2D eigenvalue weighted by atomic mass is 9.96. The minimum Gasteiger partial charge on any atom is -0.478 e. The zero-order valence-corrected chi connectivity index (χ0v) is 19.3. The summed E-state index contributed by atoms with van der Waals surface area (Å²) in [6, 6.07) is 13.7. The van der Waals surface area contributed by atoms with Crippen LogP contribution in [0, 0.1) is 0 Å². The number of benzene rings is 2. The molecule has 2 aliphatic rings. The van der Waals surface area contributed by atoms with Crippen molar-refractivity contribution in [2.24, 2.45) is 5.11 Å². The first-order valence-corrected chi connectivity index (χ1v) is 11.4. The van der Waals surface area contributed by atoms with Crippen LogP contribution in [0.1, 0.15) is 22.2 Å². The van der Waals surface area contributed by atoms with E-state index in [9.17, 15) is 15.4 Å². The Balaban J connectivity index is 1.61. The summed E-state index contributed by atoms with van der Waals surface area (Å²) < 4.78 is 24.7. The van der Waals surface area contributed by atoms with Crippen LogP contribution in [0.2, 0.25) is 0 Å². The number of fused-ring (bicyclic) bond motifs is 1. The quantitative estimate of drug-likeness (QED) is 0.329. The van der Waals surface area contributed by atoms with E-state index in [0.29, 0.717) is 4.90 Å². The second-order valence-corrected chi connectivity index (χ2v) is 9.23. The van der Waals surface area contributed by atoms with Gasteiger partial charge in [0.05, 0.1) is 18.2 Å². The summed E-state index contributed by atoms with van der Waals surface area (Å²) in [5, 5.41) is 13.5. The van der Waals surface area contributed by atoms with E-state index < -0.39 is 42.0 Å². The zero-order valence-electron chi connectivity index (χ0n) is 16.9. The van der Waals surface area contributed by atoms with Crippen molar-refractivity contribution in [1.29, 1.82) is 0 Å². The SMILES string of the molecule is COC1[C@@H](Sc2cc(Br)ccc2C(=O)O)OC2COC(c3ccccc3)O[C@@H]2[C@@H]1N=[N+]=[N-]. The van der Waals surface area contributed by atoms with E-state index in [1.807, 2.05) is 30.3 Å². The molecular formula is C21H20BrN3O6S. The lowest BCUT2D eigenvalue weighted by Crippen LogP contribution is -2.60. The maximum absolute atomic E-state index is 11.7. The summed E-state index contributed by atoms with van der Waals surface area (Å²) in [6.07, 6.45) is -2.40. The molecule has 0 bridgehead atoms. The highest BCUT2D eigenvalue weighted by molar-refractivity contribution is 9.10. The molecule has 4 rings (SSSR count). The van der Waals surface area contributed by atoms with E-state index in [4.69, 9.17) is 18.9 Å². The molecule has 168 valence electrons. The molecule has 2 fully saturated rings. The average molecular weight is 522 g/mol. The minimum absolute atomic E-state index is 0.138. The Hall–Kier alpha value is -2.11. The lowest BCUT2D eigenvalue weighted by molar-refractivity contribution is -0.298. The third-order valence-electron chi connectivity index (χ3n) is 5.26. The fraction of sp³-hybridized carbons (Fsp3) is 0.381. The number of carboxylic acids is 1. The molecule has 0 aliphatic carbocycles. The molecule has 1 N–H and O–H groups in total. The Morgan fingerprint density at radius 2 is 2.06 bits per heavy atom. The predicted octanol–water partition coefficient (Wildman–Crippen LogP) is 4.77. The first kappa shape index (κ1) is 23.1. The fourth-order valence-electron chi connectivity index (χ4n) is 3.78. The number of carbonyl (C=O) groups is 1. The van der Waals surface area contributed by atoms with Crippen LogP contribution in [0.5, 0.6) is 0 Å². The van der Waals surface area contributed by atoms with Gasteiger partial charge in [0.15, 0.2) is 6.29 Å². The van der Waals surface area contributed by atoms with Crippen molar-refractivity contribution in [2.45, 2.75) is 41.0 Å². The molecule has 0 amide bonds. The van der Waals surface area contributed by atoms with Crippen LogP contribution < -0.4 is 0 Å². The van der Waals surface area contributed by atoms with Crippen molar-refractivity contribution in [1.82, 2.24) is 0 Å². The Kier molecular flexibility index (Phi) is 7.37. The first-order valence-electron chi connectivity index (χ1n) is 9.75. The van der Waals surface area contributed by atoms with Crippen LogP contribution >= 0.6 is 27.7 Å². The van der Waals surface area contributed by atoms with Gasteiger partial charge >= 0.3 is 5.97 Å². The standard InChI is InChI=1S/C21H20BrN3O6S/c1-28-18-16(24-25-23)17-14(10-29-20(31-17)11-5-3-2-4-6-11)30-21(18)32-15-9-12(22)7-8-13(15)19(26)27/h2-9,14,16-18,20-21H,10H2,1H3,(H,26,27)/t14?,16-,17-,18?,20?,21+/m0/s1. The Bertz CT molecular complexity index is 1020. The number of aromatic carboxylic acids is 1. The van der Waals surface area contributed by atoms with Crippen LogP contribution in [0.15, 0.2) is 63.0 Å². The van der Waals surface area contributed by atoms with Gasteiger partial charge in [-0.25, -0.2) is 4.79 Å². The van der Waals surface area contributed by atoms with Crippen LogP contribution in [-0.2, 0) is 18.9 Å². The van der Waals surface area contributed by atoms with Crippen molar-refractivity contribution in [3.05, 3.63) is 74.6 Å². The number of nitrogens with zero attached hydrogens (tertiary/aromatic N) is 3. The smallest absolute Gasteiger partial charge is 0.336 e. The molecule has 2 aromatic rings. The van der Waals surface area contributed by atoms with E-state index >= 15 is 0 Å². The highest BCUT2D eigenvalue weighted by Gasteiger charge is 2.50. The molecule has 0 aromatic heterocycles. The summed E-state index contributed by atoms with van der Waals surface area (Å²) in [5.41, 5.74) is 9.55.